The number of amides is 1. The lowest BCUT2D eigenvalue weighted by Gasteiger charge is -2.10. The standard InChI is InChI=1S/C24H24N4OS/c1-17(2)26-23(29)20-10-8-19(9-11-20)16-30-24-27-21-12-13-25-14-22(21)28(24)15-18-6-4-3-5-7-18/h3-14,17H,15-16H2,1-2H3,(H,26,29). The minimum Gasteiger partial charge on any atom is -0.350 e. The topological polar surface area (TPSA) is 59.8 Å². The summed E-state index contributed by atoms with van der Waals surface area (Å²) in [6.07, 6.45) is 3.65. The van der Waals surface area contributed by atoms with E-state index in [2.05, 4.69) is 39.1 Å². The number of fused-ring (bicyclic) bond motifs is 1. The largest absolute Gasteiger partial charge is 0.350 e. The summed E-state index contributed by atoms with van der Waals surface area (Å²) in [5.74, 6) is 0.735. The van der Waals surface area contributed by atoms with Gasteiger partial charge in [0.15, 0.2) is 5.16 Å². The zero-order valence-electron chi connectivity index (χ0n) is 17.1. The highest BCUT2D eigenvalue weighted by molar-refractivity contribution is 7.98. The molecule has 1 N–H and O–H groups in total. The monoisotopic (exact) mass is 416 g/mol. The van der Waals surface area contributed by atoms with E-state index in [1.165, 1.54) is 5.56 Å². The zero-order chi connectivity index (χ0) is 20.9. The van der Waals surface area contributed by atoms with Gasteiger partial charge >= 0.3 is 0 Å². The van der Waals surface area contributed by atoms with E-state index in [0.717, 1.165) is 34.1 Å². The van der Waals surface area contributed by atoms with Crippen molar-refractivity contribution >= 4 is 28.7 Å². The maximum Gasteiger partial charge on any atom is 0.251 e. The smallest absolute Gasteiger partial charge is 0.251 e. The van der Waals surface area contributed by atoms with E-state index in [4.69, 9.17) is 4.98 Å². The van der Waals surface area contributed by atoms with Crippen molar-refractivity contribution in [2.45, 2.75) is 37.3 Å². The molecule has 0 radical (unpaired) electrons. The molecule has 2 aromatic heterocycles. The first kappa shape index (κ1) is 20.2. The van der Waals surface area contributed by atoms with Crippen LogP contribution in [0.5, 0.6) is 0 Å². The minimum atomic E-state index is -0.0404. The first-order valence-corrected chi connectivity index (χ1v) is 11.0. The van der Waals surface area contributed by atoms with Crippen LogP contribution in [0.25, 0.3) is 11.0 Å². The number of rotatable bonds is 7. The van der Waals surface area contributed by atoms with Gasteiger partial charge in [-0.25, -0.2) is 4.98 Å². The molecule has 4 rings (SSSR count). The number of carbonyl (C=O) groups excluding carboxylic acids is 1. The molecule has 30 heavy (non-hydrogen) atoms. The summed E-state index contributed by atoms with van der Waals surface area (Å²) < 4.78 is 2.22. The van der Waals surface area contributed by atoms with Gasteiger partial charge in [0.1, 0.15) is 0 Å². The van der Waals surface area contributed by atoms with Crippen molar-refractivity contribution in [2.75, 3.05) is 0 Å². The molecule has 0 saturated carbocycles. The zero-order valence-corrected chi connectivity index (χ0v) is 17.9. The summed E-state index contributed by atoms with van der Waals surface area (Å²) in [4.78, 5) is 21.2. The summed E-state index contributed by atoms with van der Waals surface area (Å²) in [5.41, 5.74) is 5.04. The average molecular weight is 417 g/mol. The molecule has 0 fully saturated rings. The highest BCUT2D eigenvalue weighted by Gasteiger charge is 2.13. The Morgan fingerprint density at radius 3 is 2.53 bits per heavy atom. The van der Waals surface area contributed by atoms with E-state index in [1.54, 1.807) is 18.0 Å². The Labute approximate surface area is 180 Å². The normalized spacial score (nSPS) is 11.2. The predicted molar refractivity (Wildman–Crippen MR) is 122 cm³/mol. The molecular weight excluding hydrogens is 392 g/mol. The lowest BCUT2D eigenvalue weighted by molar-refractivity contribution is 0.0943. The number of pyridine rings is 1. The quantitative estimate of drug-likeness (QED) is 0.435. The highest BCUT2D eigenvalue weighted by atomic mass is 32.2. The lowest BCUT2D eigenvalue weighted by Crippen LogP contribution is -2.29. The predicted octanol–water partition coefficient (Wildman–Crippen LogP) is 4.91. The van der Waals surface area contributed by atoms with Crippen LogP contribution in [0.4, 0.5) is 0 Å². The molecule has 152 valence electrons. The van der Waals surface area contributed by atoms with E-state index >= 15 is 0 Å². The van der Waals surface area contributed by atoms with Crippen molar-refractivity contribution in [3.8, 4) is 0 Å². The average Bonchev–Trinajstić information content (AvgIpc) is 3.10. The van der Waals surface area contributed by atoms with E-state index in [9.17, 15) is 4.79 Å². The second-order valence-electron chi connectivity index (χ2n) is 7.44. The van der Waals surface area contributed by atoms with Crippen LogP contribution in [0.15, 0.2) is 78.2 Å². The molecule has 1 amide bonds. The van der Waals surface area contributed by atoms with Crippen LogP contribution in [0.2, 0.25) is 0 Å². The number of hydrogen-bond acceptors (Lipinski definition) is 4. The molecule has 0 bridgehead atoms. The third-order valence-electron chi connectivity index (χ3n) is 4.70. The van der Waals surface area contributed by atoms with Crippen LogP contribution in [0.3, 0.4) is 0 Å². The van der Waals surface area contributed by atoms with Crippen LogP contribution in [0.1, 0.15) is 35.3 Å². The first-order valence-electron chi connectivity index (χ1n) is 9.97. The van der Waals surface area contributed by atoms with Crippen LogP contribution in [-0.2, 0) is 12.3 Å². The van der Waals surface area contributed by atoms with Gasteiger partial charge in [0.05, 0.1) is 23.8 Å². The van der Waals surface area contributed by atoms with Gasteiger partial charge in [0, 0.05) is 23.6 Å². The fraction of sp³-hybridized carbons (Fsp3) is 0.208. The number of thioether (sulfide) groups is 1. The number of hydrogen-bond donors (Lipinski definition) is 1. The number of nitrogens with zero attached hydrogens (tertiary/aromatic N) is 3. The number of carbonyl (C=O) groups is 1. The molecule has 2 aromatic carbocycles. The minimum absolute atomic E-state index is 0.0404. The molecule has 5 nitrogen and oxygen atoms in total. The van der Waals surface area contributed by atoms with Gasteiger partial charge in [0.25, 0.3) is 5.91 Å². The van der Waals surface area contributed by atoms with Gasteiger partial charge in [-0.3, -0.25) is 9.78 Å². The Balaban J connectivity index is 1.52. The Morgan fingerprint density at radius 2 is 1.80 bits per heavy atom. The molecule has 0 aliphatic rings. The molecule has 0 aliphatic carbocycles. The molecular formula is C24H24N4OS. The van der Waals surface area contributed by atoms with E-state index in [0.29, 0.717) is 5.56 Å². The van der Waals surface area contributed by atoms with Crippen molar-refractivity contribution in [3.63, 3.8) is 0 Å². The lowest BCUT2D eigenvalue weighted by atomic mass is 10.1. The molecule has 4 aromatic rings. The van der Waals surface area contributed by atoms with Crippen molar-refractivity contribution in [2.24, 2.45) is 0 Å². The van der Waals surface area contributed by atoms with Gasteiger partial charge in [0.2, 0.25) is 0 Å². The Hall–Kier alpha value is -3.12. The number of benzene rings is 2. The van der Waals surface area contributed by atoms with Gasteiger partial charge in [-0.1, -0.05) is 54.2 Å². The van der Waals surface area contributed by atoms with Crippen molar-refractivity contribution in [3.05, 3.63) is 89.7 Å². The van der Waals surface area contributed by atoms with Crippen molar-refractivity contribution in [1.29, 1.82) is 0 Å². The summed E-state index contributed by atoms with van der Waals surface area (Å²) >= 11 is 1.69. The molecule has 0 spiro atoms. The van der Waals surface area contributed by atoms with E-state index in [-0.39, 0.29) is 11.9 Å². The second-order valence-corrected chi connectivity index (χ2v) is 8.39. The Kier molecular flexibility index (Phi) is 6.14. The molecule has 6 heteroatoms. The third-order valence-corrected chi connectivity index (χ3v) is 5.75. The van der Waals surface area contributed by atoms with Crippen LogP contribution in [-0.4, -0.2) is 26.5 Å². The van der Waals surface area contributed by atoms with E-state index in [1.807, 2.05) is 56.4 Å². The number of nitrogens with one attached hydrogen (secondary N) is 1. The highest BCUT2D eigenvalue weighted by Crippen LogP contribution is 2.27. The Morgan fingerprint density at radius 1 is 1.03 bits per heavy atom. The van der Waals surface area contributed by atoms with Crippen LogP contribution in [0, 0.1) is 0 Å². The van der Waals surface area contributed by atoms with Crippen molar-refractivity contribution < 1.29 is 4.79 Å². The maximum absolute atomic E-state index is 12.1. The second kappa shape index (κ2) is 9.13. The summed E-state index contributed by atoms with van der Waals surface area (Å²) in [6.45, 7) is 4.67. The van der Waals surface area contributed by atoms with Crippen LogP contribution >= 0.6 is 11.8 Å². The van der Waals surface area contributed by atoms with Crippen LogP contribution < -0.4 is 5.32 Å². The molecule has 0 saturated heterocycles. The van der Waals surface area contributed by atoms with Gasteiger partial charge < -0.3 is 9.88 Å². The summed E-state index contributed by atoms with van der Waals surface area (Å²) in [5, 5.41) is 3.88. The molecule has 0 atom stereocenters. The fourth-order valence-corrected chi connectivity index (χ4v) is 4.19. The summed E-state index contributed by atoms with van der Waals surface area (Å²) in [6, 6.07) is 20.2. The van der Waals surface area contributed by atoms with Gasteiger partial charge in [-0.05, 0) is 43.2 Å². The number of aromatic nitrogens is 3. The first-order chi connectivity index (χ1) is 14.6. The SMILES string of the molecule is CC(C)NC(=O)c1ccc(CSc2nc3ccncc3n2Cc2ccccc2)cc1. The maximum atomic E-state index is 12.1. The van der Waals surface area contributed by atoms with E-state index < -0.39 is 0 Å². The molecule has 0 aliphatic heterocycles. The Bertz CT molecular complexity index is 1140. The fourth-order valence-electron chi connectivity index (χ4n) is 3.22. The third kappa shape index (κ3) is 4.71. The summed E-state index contributed by atoms with van der Waals surface area (Å²) in [7, 11) is 0. The molecule has 0 unspecified atom stereocenters. The van der Waals surface area contributed by atoms with Crippen molar-refractivity contribution in [1.82, 2.24) is 19.9 Å². The number of imidazole rings is 1. The van der Waals surface area contributed by atoms with Gasteiger partial charge in [-0.15, -0.1) is 0 Å². The molecule has 2 heterocycles. The van der Waals surface area contributed by atoms with Gasteiger partial charge in [-0.2, -0.15) is 0 Å².